The quantitative estimate of drug-likeness (QED) is 0.864. The van der Waals surface area contributed by atoms with Crippen LogP contribution in [-0.2, 0) is 4.74 Å². The van der Waals surface area contributed by atoms with Gasteiger partial charge < -0.3 is 14.6 Å². The fourth-order valence-electron chi connectivity index (χ4n) is 3.81. The maximum Gasteiger partial charge on any atom is 0.251 e. The molecule has 1 aromatic carbocycles. The highest BCUT2D eigenvalue weighted by molar-refractivity contribution is 5.97. The summed E-state index contributed by atoms with van der Waals surface area (Å²) in [4.78, 5) is 19.6. The van der Waals surface area contributed by atoms with Crippen LogP contribution in [0.5, 0.6) is 0 Å². The molecule has 2 aromatic rings. The first kappa shape index (κ1) is 17.5. The van der Waals surface area contributed by atoms with Crippen LogP contribution >= 0.6 is 0 Å². The Kier molecular flexibility index (Phi) is 4.96. The third-order valence-corrected chi connectivity index (χ3v) is 5.53. The van der Waals surface area contributed by atoms with Gasteiger partial charge in [0.15, 0.2) is 0 Å². The molecule has 0 unspecified atom stereocenters. The van der Waals surface area contributed by atoms with Crippen molar-refractivity contribution < 1.29 is 9.53 Å². The first-order valence-corrected chi connectivity index (χ1v) is 9.70. The van der Waals surface area contributed by atoms with E-state index in [0.29, 0.717) is 30.1 Å². The molecule has 26 heavy (non-hydrogen) atoms. The average Bonchev–Trinajstić information content (AvgIpc) is 3.41. The number of ether oxygens (including phenoxy) is 1. The summed E-state index contributed by atoms with van der Waals surface area (Å²) in [6.07, 6.45) is 4.36. The molecule has 1 aliphatic heterocycles. The highest BCUT2D eigenvalue weighted by Gasteiger charge is 2.26. The number of rotatable bonds is 6. The molecule has 0 radical (unpaired) electrons. The Balaban J connectivity index is 1.42. The molecule has 1 amide bonds. The van der Waals surface area contributed by atoms with Gasteiger partial charge in [0.05, 0.1) is 30.6 Å². The van der Waals surface area contributed by atoms with Gasteiger partial charge in [0.1, 0.15) is 0 Å². The van der Waals surface area contributed by atoms with Gasteiger partial charge >= 0.3 is 0 Å². The van der Waals surface area contributed by atoms with E-state index in [2.05, 4.69) is 33.6 Å². The van der Waals surface area contributed by atoms with Crippen LogP contribution in [0.3, 0.4) is 0 Å². The second kappa shape index (κ2) is 7.37. The van der Waals surface area contributed by atoms with Gasteiger partial charge in [-0.05, 0) is 37.0 Å². The van der Waals surface area contributed by atoms with Crippen molar-refractivity contribution in [2.24, 2.45) is 5.92 Å². The molecule has 0 spiro atoms. The number of fused-ring (bicyclic) bond motifs is 1. The van der Waals surface area contributed by atoms with Crippen LogP contribution in [0, 0.1) is 5.92 Å². The van der Waals surface area contributed by atoms with Crippen molar-refractivity contribution in [3.8, 4) is 0 Å². The van der Waals surface area contributed by atoms with Gasteiger partial charge in [0, 0.05) is 37.3 Å². The highest BCUT2D eigenvalue weighted by Crippen LogP contribution is 2.37. The molecule has 1 N–H and O–H groups in total. The lowest BCUT2D eigenvalue weighted by atomic mass is 10.0. The molecule has 0 bridgehead atoms. The molecular formula is C20H28N4O2. The van der Waals surface area contributed by atoms with Gasteiger partial charge in [-0.2, -0.15) is 0 Å². The van der Waals surface area contributed by atoms with Crippen molar-refractivity contribution in [3.05, 3.63) is 30.1 Å². The van der Waals surface area contributed by atoms with Crippen molar-refractivity contribution >= 4 is 16.9 Å². The van der Waals surface area contributed by atoms with Crippen LogP contribution in [0.1, 0.15) is 43.1 Å². The molecule has 2 fully saturated rings. The Morgan fingerprint density at radius 2 is 2.08 bits per heavy atom. The van der Waals surface area contributed by atoms with Crippen LogP contribution in [0.15, 0.2) is 24.5 Å². The fourth-order valence-corrected chi connectivity index (χ4v) is 3.81. The summed E-state index contributed by atoms with van der Waals surface area (Å²) in [6.45, 7) is 8.50. The minimum atomic E-state index is -0.0215. The molecular weight excluding hydrogens is 328 g/mol. The zero-order valence-electron chi connectivity index (χ0n) is 15.6. The Morgan fingerprint density at radius 1 is 1.31 bits per heavy atom. The lowest BCUT2D eigenvalue weighted by molar-refractivity contribution is 0.00673. The third kappa shape index (κ3) is 3.62. The second-order valence-corrected chi connectivity index (χ2v) is 7.76. The lowest BCUT2D eigenvalue weighted by Crippen LogP contribution is -2.51. The number of carbonyl (C=O) groups excluding carboxylic acids is 1. The van der Waals surface area contributed by atoms with Crippen molar-refractivity contribution in [2.75, 3.05) is 32.8 Å². The number of hydrogen-bond acceptors (Lipinski definition) is 4. The van der Waals surface area contributed by atoms with E-state index in [1.807, 2.05) is 24.5 Å². The van der Waals surface area contributed by atoms with Gasteiger partial charge in [0.25, 0.3) is 5.91 Å². The van der Waals surface area contributed by atoms with E-state index in [4.69, 9.17) is 4.74 Å². The van der Waals surface area contributed by atoms with E-state index in [1.54, 1.807) is 0 Å². The topological polar surface area (TPSA) is 59.4 Å². The normalized spacial score (nSPS) is 19.8. The van der Waals surface area contributed by atoms with Crippen LogP contribution in [0.2, 0.25) is 0 Å². The number of amides is 1. The molecule has 140 valence electrons. The number of imidazole rings is 1. The molecule has 6 heteroatoms. The first-order chi connectivity index (χ1) is 12.6. The number of aromatic nitrogens is 2. The van der Waals surface area contributed by atoms with E-state index in [-0.39, 0.29) is 5.91 Å². The molecule has 1 saturated heterocycles. The zero-order valence-corrected chi connectivity index (χ0v) is 15.6. The summed E-state index contributed by atoms with van der Waals surface area (Å²) < 4.78 is 7.68. The zero-order chi connectivity index (χ0) is 18.1. The van der Waals surface area contributed by atoms with Crippen LogP contribution in [0.25, 0.3) is 11.0 Å². The van der Waals surface area contributed by atoms with Crippen LogP contribution in [0.4, 0.5) is 0 Å². The summed E-state index contributed by atoms with van der Waals surface area (Å²) in [5, 5.41) is 3.13. The van der Waals surface area contributed by atoms with Crippen molar-refractivity contribution in [3.63, 3.8) is 0 Å². The Bertz CT molecular complexity index is 775. The molecule has 1 aromatic heterocycles. The molecule has 4 rings (SSSR count). The lowest BCUT2D eigenvalue weighted by Gasteiger charge is -2.36. The monoisotopic (exact) mass is 356 g/mol. The molecule has 1 atom stereocenters. The van der Waals surface area contributed by atoms with Gasteiger partial charge in [-0.15, -0.1) is 0 Å². The predicted octanol–water partition coefficient (Wildman–Crippen LogP) is 2.46. The van der Waals surface area contributed by atoms with E-state index in [0.717, 1.165) is 37.3 Å². The fraction of sp³-hybridized carbons (Fsp3) is 0.600. The van der Waals surface area contributed by atoms with Crippen molar-refractivity contribution in [1.29, 1.82) is 0 Å². The van der Waals surface area contributed by atoms with E-state index >= 15 is 0 Å². The molecule has 1 aliphatic carbocycles. The maximum atomic E-state index is 12.7. The summed E-state index contributed by atoms with van der Waals surface area (Å²) in [6, 6.07) is 6.78. The molecule has 6 nitrogen and oxygen atoms in total. The standard InChI is InChI=1S/C20H28N4O2/c1-14(2)19(23-7-9-26-10-8-23)12-21-20(25)15-3-6-18-17(11-15)22-13-24(18)16-4-5-16/h3,6,11,13-14,16,19H,4-5,7-10,12H2,1-2H3,(H,21,25)/t19-/m0/s1. The minimum Gasteiger partial charge on any atom is -0.379 e. The second-order valence-electron chi connectivity index (χ2n) is 7.76. The number of hydrogen-bond donors (Lipinski definition) is 1. The van der Waals surface area contributed by atoms with Crippen molar-refractivity contribution in [1.82, 2.24) is 19.8 Å². The van der Waals surface area contributed by atoms with Gasteiger partial charge in [-0.3, -0.25) is 9.69 Å². The predicted molar refractivity (Wildman–Crippen MR) is 101 cm³/mol. The number of nitrogens with one attached hydrogen (secondary N) is 1. The third-order valence-electron chi connectivity index (χ3n) is 5.53. The smallest absolute Gasteiger partial charge is 0.251 e. The number of benzene rings is 1. The minimum absolute atomic E-state index is 0.0215. The Hall–Kier alpha value is -1.92. The number of morpholine rings is 1. The number of nitrogens with zero attached hydrogens (tertiary/aromatic N) is 3. The molecule has 1 saturated carbocycles. The average molecular weight is 356 g/mol. The van der Waals surface area contributed by atoms with Crippen molar-refractivity contribution in [2.45, 2.75) is 38.8 Å². The van der Waals surface area contributed by atoms with Crippen LogP contribution < -0.4 is 5.32 Å². The van der Waals surface area contributed by atoms with Gasteiger partial charge in [-0.1, -0.05) is 13.8 Å². The summed E-state index contributed by atoms with van der Waals surface area (Å²) in [5.41, 5.74) is 2.71. The highest BCUT2D eigenvalue weighted by atomic mass is 16.5. The first-order valence-electron chi connectivity index (χ1n) is 9.70. The van der Waals surface area contributed by atoms with Crippen LogP contribution in [-0.4, -0.2) is 59.2 Å². The molecule has 2 aliphatic rings. The SMILES string of the molecule is CC(C)[C@H](CNC(=O)c1ccc2c(c1)ncn2C1CC1)N1CCOCC1. The van der Waals surface area contributed by atoms with E-state index in [9.17, 15) is 4.79 Å². The van der Waals surface area contributed by atoms with E-state index in [1.165, 1.54) is 12.8 Å². The van der Waals surface area contributed by atoms with Gasteiger partial charge in [-0.25, -0.2) is 4.98 Å². The summed E-state index contributed by atoms with van der Waals surface area (Å²) in [7, 11) is 0. The molecule has 2 heterocycles. The Morgan fingerprint density at radius 3 is 2.77 bits per heavy atom. The maximum absolute atomic E-state index is 12.7. The Labute approximate surface area is 154 Å². The summed E-state index contributed by atoms with van der Waals surface area (Å²) in [5.74, 6) is 0.455. The van der Waals surface area contributed by atoms with Gasteiger partial charge in [0.2, 0.25) is 0 Å². The largest absolute Gasteiger partial charge is 0.379 e. The number of carbonyl (C=O) groups is 1. The van der Waals surface area contributed by atoms with E-state index < -0.39 is 0 Å². The summed E-state index contributed by atoms with van der Waals surface area (Å²) >= 11 is 0.